The standard InChI is InChI=1S/C15H18BrNO2/c1-11-3-2-8-17(10-11)14-9-13(16)6-4-12(14)5-7-15(18)19/h4-7,9,11H,2-3,8,10H2,1H3,(H,18,19). The van der Waals surface area contributed by atoms with Gasteiger partial charge in [-0.15, -0.1) is 0 Å². The number of halogens is 1. The van der Waals surface area contributed by atoms with Crippen LogP contribution in [-0.4, -0.2) is 24.2 Å². The number of hydrogen-bond donors (Lipinski definition) is 1. The highest BCUT2D eigenvalue weighted by Gasteiger charge is 2.18. The van der Waals surface area contributed by atoms with Crippen LogP contribution < -0.4 is 4.90 Å². The highest BCUT2D eigenvalue weighted by molar-refractivity contribution is 9.10. The Bertz CT molecular complexity index is 499. The van der Waals surface area contributed by atoms with Gasteiger partial charge < -0.3 is 10.0 Å². The van der Waals surface area contributed by atoms with Gasteiger partial charge in [-0.2, -0.15) is 0 Å². The molecule has 0 aromatic heterocycles. The lowest BCUT2D eigenvalue weighted by Gasteiger charge is -2.34. The first kappa shape index (κ1) is 14.1. The number of carbonyl (C=O) groups is 1. The lowest BCUT2D eigenvalue weighted by atomic mass is 9.99. The Morgan fingerprint density at radius 1 is 1.53 bits per heavy atom. The van der Waals surface area contributed by atoms with Gasteiger partial charge in [-0.25, -0.2) is 4.79 Å². The number of carboxylic acid groups (broad SMARTS) is 1. The number of rotatable bonds is 3. The van der Waals surface area contributed by atoms with E-state index in [1.165, 1.54) is 18.9 Å². The molecule has 1 N–H and O–H groups in total. The van der Waals surface area contributed by atoms with E-state index in [1.807, 2.05) is 12.1 Å². The summed E-state index contributed by atoms with van der Waals surface area (Å²) in [7, 11) is 0. The van der Waals surface area contributed by atoms with E-state index in [0.29, 0.717) is 5.92 Å². The van der Waals surface area contributed by atoms with E-state index in [-0.39, 0.29) is 0 Å². The van der Waals surface area contributed by atoms with Crippen LogP contribution >= 0.6 is 15.9 Å². The molecule has 102 valence electrons. The van der Waals surface area contributed by atoms with Gasteiger partial charge in [0.25, 0.3) is 0 Å². The lowest BCUT2D eigenvalue weighted by Crippen LogP contribution is -2.34. The van der Waals surface area contributed by atoms with Crippen molar-refractivity contribution in [2.75, 3.05) is 18.0 Å². The summed E-state index contributed by atoms with van der Waals surface area (Å²) in [5.74, 6) is -0.232. The molecule has 1 atom stereocenters. The van der Waals surface area contributed by atoms with Gasteiger partial charge in [0, 0.05) is 29.3 Å². The van der Waals surface area contributed by atoms with Crippen LogP contribution in [0.25, 0.3) is 6.08 Å². The van der Waals surface area contributed by atoms with Crippen molar-refractivity contribution in [1.29, 1.82) is 0 Å². The van der Waals surface area contributed by atoms with Gasteiger partial charge in [0.05, 0.1) is 0 Å². The Balaban J connectivity index is 2.31. The van der Waals surface area contributed by atoms with Crippen LogP contribution in [0.5, 0.6) is 0 Å². The predicted molar refractivity (Wildman–Crippen MR) is 81.4 cm³/mol. The maximum absolute atomic E-state index is 10.7. The fraction of sp³-hybridized carbons (Fsp3) is 0.400. The van der Waals surface area contributed by atoms with Crippen LogP contribution in [0.4, 0.5) is 5.69 Å². The van der Waals surface area contributed by atoms with Gasteiger partial charge in [0.1, 0.15) is 0 Å². The summed E-state index contributed by atoms with van der Waals surface area (Å²) in [6.45, 7) is 4.33. The highest BCUT2D eigenvalue weighted by atomic mass is 79.9. The number of aliphatic carboxylic acids is 1. The average Bonchev–Trinajstić information content (AvgIpc) is 2.37. The SMILES string of the molecule is CC1CCCN(c2cc(Br)ccc2C=CC(=O)O)C1. The summed E-state index contributed by atoms with van der Waals surface area (Å²) >= 11 is 3.49. The molecule has 1 aromatic rings. The molecule has 0 amide bonds. The Kier molecular flexibility index (Phi) is 4.64. The summed E-state index contributed by atoms with van der Waals surface area (Å²) in [5.41, 5.74) is 2.07. The molecule has 19 heavy (non-hydrogen) atoms. The Labute approximate surface area is 122 Å². The van der Waals surface area contributed by atoms with Gasteiger partial charge in [0.15, 0.2) is 0 Å². The number of anilines is 1. The van der Waals surface area contributed by atoms with Crippen molar-refractivity contribution in [3.05, 3.63) is 34.3 Å². The largest absolute Gasteiger partial charge is 0.478 e. The molecule has 2 rings (SSSR count). The second kappa shape index (κ2) is 6.24. The summed E-state index contributed by atoms with van der Waals surface area (Å²) < 4.78 is 1.02. The summed E-state index contributed by atoms with van der Waals surface area (Å²) in [6, 6.07) is 5.97. The number of piperidine rings is 1. The molecular formula is C15H18BrNO2. The maximum atomic E-state index is 10.7. The van der Waals surface area contributed by atoms with Crippen molar-refractivity contribution in [2.45, 2.75) is 19.8 Å². The third kappa shape index (κ3) is 3.83. The van der Waals surface area contributed by atoms with Crippen LogP contribution in [0.2, 0.25) is 0 Å². The zero-order chi connectivity index (χ0) is 13.8. The summed E-state index contributed by atoms with van der Waals surface area (Å²) in [5, 5.41) is 8.76. The van der Waals surface area contributed by atoms with Gasteiger partial charge in [-0.1, -0.05) is 28.9 Å². The number of nitrogens with zero attached hydrogens (tertiary/aromatic N) is 1. The van der Waals surface area contributed by atoms with E-state index >= 15 is 0 Å². The van der Waals surface area contributed by atoms with Crippen LogP contribution in [0.3, 0.4) is 0 Å². The highest BCUT2D eigenvalue weighted by Crippen LogP contribution is 2.30. The molecule has 0 radical (unpaired) electrons. The Morgan fingerprint density at radius 2 is 2.32 bits per heavy atom. The molecule has 1 saturated heterocycles. The summed E-state index contributed by atoms with van der Waals surface area (Å²) in [6.07, 6.45) is 5.32. The third-order valence-corrected chi connectivity index (χ3v) is 3.89. The van der Waals surface area contributed by atoms with Crippen LogP contribution in [0.15, 0.2) is 28.7 Å². The minimum Gasteiger partial charge on any atom is -0.478 e. The maximum Gasteiger partial charge on any atom is 0.328 e. The molecule has 0 spiro atoms. The number of benzene rings is 1. The quantitative estimate of drug-likeness (QED) is 0.860. The van der Waals surface area contributed by atoms with Crippen molar-refractivity contribution in [3.63, 3.8) is 0 Å². The molecule has 4 heteroatoms. The molecule has 0 bridgehead atoms. The number of hydrogen-bond acceptors (Lipinski definition) is 2. The fourth-order valence-corrected chi connectivity index (χ4v) is 2.85. The molecule has 0 aliphatic carbocycles. The Morgan fingerprint density at radius 3 is 3.00 bits per heavy atom. The monoisotopic (exact) mass is 323 g/mol. The van der Waals surface area contributed by atoms with Gasteiger partial charge in [-0.05, 0) is 42.5 Å². The molecule has 1 heterocycles. The van der Waals surface area contributed by atoms with Crippen molar-refractivity contribution in [3.8, 4) is 0 Å². The van der Waals surface area contributed by atoms with Crippen molar-refractivity contribution < 1.29 is 9.90 Å². The molecule has 1 aliphatic heterocycles. The van der Waals surface area contributed by atoms with Gasteiger partial charge in [0.2, 0.25) is 0 Å². The van der Waals surface area contributed by atoms with Gasteiger partial charge in [-0.3, -0.25) is 0 Å². The van der Waals surface area contributed by atoms with E-state index in [9.17, 15) is 4.79 Å². The second-order valence-corrected chi connectivity index (χ2v) is 5.98. The lowest BCUT2D eigenvalue weighted by molar-refractivity contribution is -0.131. The first-order valence-corrected chi connectivity index (χ1v) is 7.31. The zero-order valence-electron chi connectivity index (χ0n) is 11.0. The third-order valence-electron chi connectivity index (χ3n) is 3.40. The van der Waals surface area contributed by atoms with Crippen LogP contribution in [0.1, 0.15) is 25.3 Å². The molecule has 1 aliphatic rings. The molecular weight excluding hydrogens is 306 g/mol. The van der Waals surface area contributed by atoms with Crippen molar-refractivity contribution in [2.24, 2.45) is 5.92 Å². The molecule has 1 aromatic carbocycles. The minimum atomic E-state index is -0.916. The number of carboxylic acids is 1. The van der Waals surface area contributed by atoms with E-state index in [2.05, 4.69) is 33.8 Å². The molecule has 1 fully saturated rings. The van der Waals surface area contributed by atoms with Crippen molar-refractivity contribution >= 4 is 33.7 Å². The first-order valence-electron chi connectivity index (χ1n) is 6.52. The summed E-state index contributed by atoms with van der Waals surface area (Å²) in [4.78, 5) is 13.0. The topological polar surface area (TPSA) is 40.5 Å². The normalized spacial score (nSPS) is 19.9. The van der Waals surface area contributed by atoms with E-state index < -0.39 is 5.97 Å². The average molecular weight is 324 g/mol. The minimum absolute atomic E-state index is 0.684. The zero-order valence-corrected chi connectivity index (χ0v) is 12.6. The van der Waals surface area contributed by atoms with Crippen molar-refractivity contribution in [1.82, 2.24) is 0 Å². The smallest absolute Gasteiger partial charge is 0.328 e. The van der Waals surface area contributed by atoms with E-state index in [1.54, 1.807) is 6.08 Å². The van der Waals surface area contributed by atoms with Gasteiger partial charge >= 0.3 is 5.97 Å². The Hall–Kier alpha value is -1.29. The van der Waals surface area contributed by atoms with E-state index in [0.717, 1.165) is 28.8 Å². The second-order valence-electron chi connectivity index (χ2n) is 5.07. The first-order chi connectivity index (χ1) is 9.06. The van der Waals surface area contributed by atoms with Crippen LogP contribution in [0, 0.1) is 5.92 Å². The molecule has 1 unspecified atom stereocenters. The molecule has 3 nitrogen and oxygen atoms in total. The fourth-order valence-electron chi connectivity index (χ4n) is 2.50. The van der Waals surface area contributed by atoms with Crippen LogP contribution in [-0.2, 0) is 4.79 Å². The predicted octanol–water partition coefficient (Wildman–Crippen LogP) is 3.78. The molecule has 0 saturated carbocycles. The van der Waals surface area contributed by atoms with E-state index in [4.69, 9.17) is 5.11 Å².